The summed E-state index contributed by atoms with van der Waals surface area (Å²) in [6.07, 6.45) is 2.19. The lowest BCUT2D eigenvalue weighted by atomic mass is 10.2. The topological polar surface area (TPSA) is 94.3 Å². The molecular weight excluding hydrogens is 268 g/mol. The summed E-state index contributed by atoms with van der Waals surface area (Å²) < 4.78 is 1.67. The summed E-state index contributed by atoms with van der Waals surface area (Å²) in [7, 11) is 2.09. The van der Waals surface area contributed by atoms with E-state index in [-0.39, 0.29) is 6.04 Å². The van der Waals surface area contributed by atoms with Crippen LogP contribution in [0.2, 0.25) is 0 Å². The first kappa shape index (κ1) is 14.2. The van der Waals surface area contributed by atoms with Gasteiger partial charge in [0.15, 0.2) is 5.82 Å². The average molecular weight is 290 g/mol. The summed E-state index contributed by atoms with van der Waals surface area (Å²) in [5.41, 5.74) is 6.56. The smallest absolute Gasteiger partial charge is 0.171 e. The van der Waals surface area contributed by atoms with Crippen molar-refractivity contribution in [3.8, 4) is 6.07 Å². The molecule has 7 heteroatoms. The molecule has 2 aliphatic rings. The van der Waals surface area contributed by atoms with Crippen LogP contribution in [0.4, 0.5) is 11.6 Å². The zero-order valence-electron chi connectivity index (χ0n) is 12.4. The predicted octanol–water partition coefficient (Wildman–Crippen LogP) is 0.175. The Bertz CT molecular complexity index is 555. The van der Waals surface area contributed by atoms with Gasteiger partial charge >= 0.3 is 0 Å². The molecule has 0 spiro atoms. The van der Waals surface area contributed by atoms with Gasteiger partial charge in [-0.2, -0.15) is 10.4 Å². The monoisotopic (exact) mass is 290 g/mol. The fraction of sp³-hybridized carbons (Fsp3) is 0.714. The summed E-state index contributed by atoms with van der Waals surface area (Å²) >= 11 is 0. The molecule has 0 bridgehead atoms. The molecule has 2 unspecified atom stereocenters. The summed E-state index contributed by atoms with van der Waals surface area (Å²) in [4.78, 5) is 4.37. The van der Waals surface area contributed by atoms with Crippen LogP contribution in [-0.2, 0) is 0 Å². The van der Waals surface area contributed by atoms with Crippen molar-refractivity contribution in [1.29, 1.82) is 5.26 Å². The lowest BCUT2D eigenvalue weighted by Gasteiger charge is -2.32. The maximum atomic E-state index is 10.1. The molecule has 114 valence electrons. The van der Waals surface area contributed by atoms with Gasteiger partial charge in [-0.1, -0.05) is 0 Å². The van der Waals surface area contributed by atoms with Crippen molar-refractivity contribution in [1.82, 2.24) is 14.7 Å². The molecular formula is C14H22N6O. The number of piperazine rings is 1. The van der Waals surface area contributed by atoms with Gasteiger partial charge in [-0.05, 0) is 26.3 Å². The van der Waals surface area contributed by atoms with Crippen LogP contribution in [0.25, 0.3) is 0 Å². The van der Waals surface area contributed by atoms with Crippen LogP contribution >= 0.6 is 0 Å². The van der Waals surface area contributed by atoms with Crippen molar-refractivity contribution in [3.63, 3.8) is 0 Å². The average Bonchev–Trinajstić information content (AvgIpc) is 3.03. The highest BCUT2D eigenvalue weighted by molar-refractivity contribution is 5.65. The van der Waals surface area contributed by atoms with Gasteiger partial charge in [0.25, 0.3) is 0 Å². The minimum Gasteiger partial charge on any atom is -0.391 e. The Hall–Kier alpha value is -1.78. The van der Waals surface area contributed by atoms with Gasteiger partial charge in [0, 0.05) is 26.2 Å². The van der Waals surface area contributed by atoms with E-state index in [0.717, 1.165) is 45.4 Å². The normalized spacial score (nSPS) is 27.0. The van der Waals surface area contributed by atoms with Crippen molar-refractivity contribution in [2.24, 2.45) is 0 Å². The second kappa shape index (κ2) is 5.54. The summed E-state index contributed by atoms with van der Waals surface area (Å²) in [5, 5.41) is 24.1. The van der Waals surface area contributed by atoms with Crippen LogP contribution in [-0.4, -0.2) is 59.1 Å². The first-order valence-electron chi connectivity index (χ1n) is 7.51. The molecule has 21 heavy (non-hydrogen) atoms. The van der Waals surface area contributed by atoms with E-state index in [1.54, 1.807) is 4.68 Å². The Morgan fingerprint density at radius 3 is 2.57 bits per heavy atom. The molecule has 0 radical (unpaired) electrons. The molecule has 1 aromatic rings. The minimum absolute atomic E-state index is 0.0988. The highest BCUT2D eigenvalue weighted by Gasteiger charge is 2.32. The number of aliphatic hydroxyl groups excluding tert-OH is 1. The highest BCUT2D eigenvalue weighted by Crippen LogP contribution is 2.35. The van der Waals surface area contributed by atoms with E-state index in [2.05, 4.69) is 28.0 Å². The Kier molecular flexibility index (Phi) is 3.74. The quantitative estimate of drug-likeness (QED) is 0.806. The standard InChI is InChI=1S/C14H22N6O/c1-18-5-7-19(8-6-18)14-10(9-15)13(16)20(17-14)11-3-2-4-12(11)21/h11-12,21H,2-8,16H2,1H3. The molecule has 3 N–H and O–H groups in total. The first-order valence-corrected chi connectivity index (χ1v) is 7.51. The number of aromatic nitrogens is 2. The number of aliphatic hydroxyl groups is 1. The zero-order chi connectivity index (χ0) is 15.0. The molecule has 7 nitrogen and oxygen atoms in total. The molecule has 1 aliphatic heterocycles. The van der Waals surface area contributed by atoms with E-state index >= 15 is 0 Å². The van der Waals surface area contributed by atoms with Crippen LogP contribution in [0.5, 0.6) is 0 Å². The van der Waals surface area contributed by atoms with Gasteiger partial charge < -0.3 is 20.6 Å². The van der Waals surface area contributed by atoms with Crippen LogP contribution in [0.1, 0.15) is 30.9 Å². The van der Waals surface area contributed by atoms with Crippen molar-refractivity contribution in [2.75, 3.05) is 43.9 Å². The Labute approximate surface area is 124 Å². The van der Waals surface area contributed by atoms with Crippen molar-refractivity contribution >= 4 is 11.6 Å². The van der Waals surface area contributed by atoms with Crippen LogP contribution in [0.15, 0.2) is 0 Å². The second-order valence-electron chi connectivity index (χ2n) is 6.00. The van der Waals surface area contributed by atoms with Gasteiger partial charge in [0.2, 0.25) is 0 Å². The third kappa shape index (κ3) is 2.45. The third-order valence-corrected chi connectivity index (χ3v) is 4.60. The van der Waals surface area contributed by atoms with Gasteiger partial charge in [-0.15, -0.1) is 0 Å². The molecule has 3 rings (SSSR count). The molecule has 2 atom stereocenters. The van der Waals surface area contributed by atoms with Crippen LogP contribution in [0.3, 0.4) is 0 Å². The van der Waals surface area contributed by atoms with Crippen molar-refractivity contribution in [3.05, 3.63) is 5.56 Å². The van der Waals surface area contributed by atoms with Crippen LogP contribution in [0, 0.1) is 11.3 Å². The largest absolute Gasteiger partial charge is 0.391 e. The minimum atomic E-state index is -0.418. The van der Waals surface area contributed by atoms with Gasteiger partial charge in [0.1, 0.15) is 17.5 Å². The summed E-state index contributed by atoms with van der Waals surface area (Å²) in [6, 6.07) is 2.09. The maximum Gasteiger partial charge on any atom is 0.171 e. The molecule has 1 aromatic heterocycles. The lowest BCUT2D eigenvalue weighted by Crippen LogP contribution is -2.45. The number of hydrogen-bond donors (Lipinski definition) is 2. The highest BCUT2D eigenvalue weighted by atomic mass is 16.3. The third-order valence-electron chi connectivity index (χ3n) is 4.60. The Balaban J connectivity index is 1.92. The molecule has 1 saturated heterocycles. The van der Waals surface area contributed by atoms with Crippen molar-refractivity contribution < 1.29 is 5.11 Å². The molecule has 0 amide bonds. The number of likely N-dealkylation sites (N-methyl/N-ethyl adjacent to an activating group) is 1. The number of anilines is 2. The fourth-order valence-corrected chi connectivity index (χ4v) is 3.24. The predicted molar refractivity (Wildman–Crippen MR) is 80.0 cm³/mol. The maximum absolute atomic E-state index is 10.1. The number of nitrogens with two attached hydrogens (primary N) is 1. The zero-order valence-corrected chi connectivity index (χ0v) is 12.4. The Morgan fingerprint density at radius 1 is 1.29 bits per heavy atom. The molecule has 2 fully saturated rings. The van der Waals surface area contributed by atoms with Crippen LogP contribution < -0.4 is 10.6 Å². The lowest BCUT2D eigenvalue weighted by molar-refractivity contribution is 0.131. The molecule has 0 aromatic carbocycles. The molecule has 1 aliphatic carbocycles. The second-order valence-corrected chi connectivity index (χ2v) is 6.00. The number of rotatable bonds is 2. The SMILES string of the molecule is CN1CCN(c2nn(C3CCCC3O)c(N)c2C#N)CC1. The molecule has 1 saturated carbocycles. The van der Waals surface area contributed by atoms with Gasteiger partial charge in [-0.3, -0.25) is 0 Å². The molecule has 2 heterocycles. The first-order chi connectivity index (χ1) is 10.1. The number of nitrogens with zero attached hydrogens (tertiary/aromatic N) is 5. The fourth-order valence-electron chi connectivity index (χ4n) is 3.24. The summed E-state index contributed by atoms with van der Waals surface area (Å²) in [5.74, 6) is 1.06. The van der Waals surface area contributed by atoms with E-state index in [4.69, 9.17) is 5.73 Å². The van der Waals surface area contributed by atoms with E-state index in [1.807, 2.05) is 0 Å². The number of nitriles is 1. The van der Waals surface area contributed by atoms with E-state index in [9.17, 15) is 10.4 Å². The summed E-state index contributed by atoms with van der Waals surface area (Å²) in [6.45, 7) is 3.58. The van der Waals surface area contributed by atoms with E-state index < -0.39 is 6.10 Å². The van der Waals surface area contributed by atoms with E-state index in [0.29, 0.717) is 17.2 Å². The van der Waals surface area contributed by atoms with Gasteiger partial charge in [0.05, 0.1) is 12.1 Å². The van der Waals surface area contributed by atoms with Gasteiger partial charge in [-0.25, -0.2) is 4.68 Å². The van der Waals surface area contributed by atoms with Crippen molar-refractivity contribution in [2.45, 2.75) is 31.4 Å². The van der Waals surface area contributed by atoms with E-state index in [1.165, 1.54) is 0 Å². The number of hydrogen-bond acceptors (Lipinski definition) is 6. The Morgan fingerprint density at radius 2 is 2.00 bits per heavy atom. The number of nitrogen functional groups attached to an aromatic ring is 1.